The van der Waals surface area contributed by atoms with E-state index in [1.54, 1.807) is 12.1 Å². The molecule has 1 rings (SSSR count). The van der Waals surface area contributed by atoms with Crippen LogP contribution in [0.5, 0.6) is 0 Å². The summed E-state index contributed by atoms with van der Waals surface area (Å²) in [4.78, 5) is 0. The van der Waals surface area contributed by atoms with Gasteiger partial charge in [0.15, 0.2) is 0 Å². The molecule has 0 aliphatic rings. The molecule has 70 valence electrons. The zero-order chi connectivity index (χ0) is 9.40. The Morgan fingerprint density at radius 2 is 1.75 bits per heavy atom. The summed E-state index contributed by atoms with van der Waals surface area (Å²) < 4.78 is 12.3. The van der Waals surface area contributed by atoms with Gasteiger partial charge < -0.3 is 5.32 Å². The van der Waals surface area contributed by atoms with Gasteiger partial charge in [0, 0.05) is 13.7 Å². The van der Waals surface area contributed by atoms with Crippen molar-refractivity contribution < 1.29 is 5.82 Å². The Morgan fingerprint density at radius 3 is 2.17 bits per heavy atom. The van der Waals surface area contributed by atoms with Crippen molar-refractivity contribution in [2.75, 3.05) is 11.9 Å². The van der Waals surface area contributed by atoms with Crippen LogP contribution in [0.15, 0.2) is 24.3 Å². The predicted octanol–water partition coefficient (Wildman–Crippen LogP) is 3.53. The van der Waals surface area contributed by atoms with E-state index in [0.29, 0.717) is 0 Å². The van der Waals surface area contributed by atoms with Gasteiger partial charge in [0.05, 0.1) is 0 Å². The summed E-state index contributed by atoms with van der Waals surface area (Å²) >= 11 is 0. The van der Waals surface area contributed by atoms with Crippen molar-refractivity contribution >= 4 is 5.69 Å². The van der Waals surface area contributed by atoms with Crippen molar-refractivity contribution in [1.29, 1.82) is 0 Å². The molecular weight excluding hydrogens is 153 g/mol. The summed E-state index contributed by atoms with van der Waals surface area (Å²) in [6, 6.07) is 6.33. The molecule has 12 heavy (non-hydrogen) atoms. The Morgan fingerprint density at radius 1 is 1.25 bits per heavy atom. The molecule has 1 aromatic rings. The number of hydrogen-bond donors (Lipinski definition) is 1. The highest BCUT2D eigenvalue weighted by Crippen LogP contribution is 2.06. The highest BCUT2D eigenvalue weighted by Gasteiger charge is 1.88. The zero-order valence-electron chi connectivity index (χ0n) is 7.89. The average molecular weight is 171 g/mol. The van der Waals surface area contributed by atoms with Gasteiger partial charge in [0.1, 0.15) is 5.82 Å². The fourth-order valence-corrected chi connectivity index (χ4v) is 0.772. The lowest BCUT2D eigenvalue weighted by atomic mass is 10.3. The van der Waals surface area contributed by atoms with E-state index < -0.39 is 0 Å². The number of benzene rings is 1. The third kappa shape index (κ3) is 3.96. The van der Waals surface area contributed by atoms with Crippen LogP contribution in [0, 0.1) is 5.82 Å². The fraction of sp³-hybridized carbons (Fsp3) is 0.400. The Labute approximate surface area is 75.1 Å². The number of rotatable bonds is 2. The second-order valence-electron chi connectivity index (χ2n) is 2.04. The first-order chi connectivity index (χ1) is 5.83. The molecule has 0 bridgehead atoms. The molecular formula is C10H18FN. The summed E-state index contributed by atoms with van der Waals surface area (Å²) in [6.45, 7) is 6.87. The number of halogens is 1. The van der Waals surface area contributed by atoms with Crippen molar-refractivity contribution in [3.8, 4) is 0 Å². The van der Waals surface area contributed by atoms with Crippen molar-refractivity contribution in [2.45, 2.75) is 20.8 Å². The first kappa shape index (κ1) is 11.0. The maximum absolute atomic E-state index is 12.3. The highest BCUT2D eigenvalue weighted by atomic mass is 19.1. The Bertz CT molecular complexity index is 199. The van der Waals surface area contributed by atoms with Crippen LogP contribution in [0.4, 0.5) is 10.1 Å². The smallest absolute Gasteiger partial charge is 0.123 e. The molecule has 0 aliphatic carbocycles. The molecule has 2 heteroatoms. The van der Waals surface area contributed by atoms with E-state index in [4.69, 9.17) is 0 Å². The Balaban J connectivity index is 0. The summed E-state index contributed by atoms with van der Waals surface area (Å²) in [5.41, 5.74) is 0.962. The van der Waals surface area contributed by atoms with Crippen LogP contribution in [0.25, 0.3) is 0 Å². The molecule has 0 saturated carbocycles. The summed E-state index contributed by atoms with van der Waals surface area (Å²) in [6.07, 6.45) is 0. The van der Waals surface area contributed by atoms with Gasteiger partial charge in [-0.15, -0.1) is 0 Å². The van der Waals surface area contributed by atoms with E-state index in [2.05, 4.69) is 5.32 Å². The maximum atomic E-state index is 12.3. The molecule has 0 heterocycles. The second kappa shape index (κ2) is 6.65. The monoisotopic (exact) mass is 171 g/mol. The molecule has 0 aliphatic heterocycles. The fourth-order valence-electron chi connectivity index (χ4n) is 0.772. The largest absolute Gasteiger partial charge is 0.385 e. The zero-order valence-corrected chi connectivity index (χ0v) is 7.89. The van der Waals surface area contributed by atoms with E-state index >= 15 is 0 Å². The lowest BCUT2D eigenvalue weighted by Gasteiger charge is -2.00. The molecule has 1 aromatic carbocycles. The highest BCUT2D eigenvalue weighted by molar-refractivity contribution is 5.42. The molecule has 0 saturated heterocycles. The van der Waals surface area contributed by atoms with Gasteiger partial charge >= 0.3 is 0 Å². The van der Waals surface area contributed by atoms with Crippen LogP contribution in [0.2, 0.25) is 0 Å². The molecule has 0 aromatic heterocycles. The van der Waals surface area contributed by atoms with Crippen molar-refractivity contribution in [1.82, 2.24) is 0 Å². The molecule has 0 spiro atoms. The normalized spacial score (nSPS) is 8.33. The van der Waals surface area contributed by atoms with Crippen LogP contribution in [0.3, 0.4) is 0 Å². The SMILES string of the molecule is CC.CCNc1ccc(F)cc1.[HH]. The van der Waals surface area contributed by atoms with Gasteiger partial charge in [-0.3, -0.25) is 0 Å². The van der Waals surface area contributed by atoms with Crippen LogP contribution in [-0.4, -0.2) is 6.54 Å². The van der Waals surface area contributed by atoms with E-state index in [1.807, 2.05) is 20.8 Å². The molecule has 0 atom stereocenters. The molecule has 1 N–H and O–H groups in total. The maximum Gasteiger partial charge on any atom is 0.123 e. The van der Waals surface area contributed by atoms with Gasteiger partial charge in [-0.05, 0) is 31.2 Å². The number of hydrogen-bond acceptors (Lipinski definition) is 1. The number of anilines is 1. The van der Waals surface area contributed by atoms with Gasteiger partial charge in [0.25, 0.3) is 0 Å². The van der Waals surface area contributed by atoms with Crippen molar-refractivity contribution in [2.24, 2.45) is 0 Å². The lowest BCUT2D eigenvalue weighted by Crippen LogP contribution is -1.95. The Hall–Kier alpha value is -1.05. The van der Waals surface area contributed by atoms with Crippen LogP contribution >= 0.6 is 0 Å². The van der Waals surface area contributed by atoms with Gasteiger partial charge in [0.2, 0.25) is 0 Å². The lowest BCUT2D eigenvalue weighted by molar-refractivity contribution is 0.628. The minimum Gasteiger partial charge on any atom is -0.385 e. The number of nitrogens with one attached hydrogen (secondary N) is 1. The minimum absolute atomic E-state index is 0. The molecule has 0 amide bonds. The van der Waals surface area contributed by atoms with Gasteiger partial charge in [-0.25, -0.2) is 4.39 Å². The Kier molecular flexibility index (Phi) is 6.07. The molecule has 0 radical (unpaired) electrons. The first-order valence-corrected chi connectivity index (χ1v) is 4.32. The predicted molar refractivity (Wildman–Crippen MR) is 54.0 cm³/mol. The second-order valence-corrected chi connectivity index (χ2v) is 2.04. The quantitative estimate of drug-likeness (QED) is 0.717. The van der Waals surface area contributed by atoms with Crippen LogP contribution in [-0.2, 0) is 0 Å². The molecule has 1 nitrogen and oxygen atoms in total. The van der Waals surface area contributed by atoms with Crippen molar-refractivity contribution in [3.05, 3.63) is 30.1 Å². The van der Waals surface area contributed by atoms with Crippen LogP contribution in [0.1, 0.15) is 22.2 Å². The third-order valence-electron chi connectivity index (χ3n) is 1.23. The standard InChI is InChI=1S/C8H10FN.C2H6.H2/c1-2-10-8-5-3-7(9)4-6-8;1-2;/h3-6,10H,2H2,1H3;1-2H3;1H. The van der Waals surface area contributed by atoms with E-state index in [9.17, 15) is 4.39 Å². The summed E-state index contributed by atoms with van der Waals surface area (Å²) in [5.74, 6) is -0.193. The van der Waals surface area contributed by atoms with E-state index in [0.717, 1.165) is 12.2 Å². The van der Waals surface area contributed by atoms with Crippen LogP contribution < -0.4 is 5.32 Å². The average Bonchev–Trinajstić information content (AvgIpc) is 2.13. The van der Waals surface area contributed by atoms with E-state index in [-0.39, 0.29) is 7.24 Å². The van der Waals surface area contributed by atoms with Gasteiger partial charge in [-0.1, -0.05) is 13.8 Å². The topological polar surface area (TPSA) is 12.0 Å². The first-order valence-electron chi connectivity index (χ1n) is 4.32. The van der Waals surface area contributed by atoms with Gasteiger partial charge in [-0.2, -0.15) is 0 Å². The summed E-state index contributed by atoms with van der Waals surface area (Å²) in [5, 5.41) is 3.07. The summed E-state index contributed by atoms with van der Waals surface area (Å²) in [7, 11) is 0. The van der Waals surface area contributed by atoms with Crippen molar-refractivity contribution in [3.63, 3.8) is 0 Å². The third-order valence-corrected chi connectivity index (χ3v) is 1.23. The molecule has 0 fully saturated rings. The van der Waals surface area contributed by atoms with E-state index in [1.165, 1.54) is 12.1 Å². The molecule has 0 unspecified atom stereocenters. The minimum atomic E-state index is -0.193.